The highest BCUT2D eigenvalue weighted by molar-refractivity contribution is 7.88. The SMILES string of the molecule is Cc1ccc(CS(=O)(=O)NCc2ccc(CONC(=O)c3ccccc3)cc2)cc1C. The van der Waals surface area contributed by atoms with Gasteiger partial charge in [-0.2, -0.15) is 0 Å². The standard InChI is InChI=1S/C24H26N2O4S/c1-18-8-9-22(14-19(18)2)17-31(28,29)25-15-20-10-12-21(13-11-20)16-30-26-24(27)23-6-4-3-5-7-23/h3-14,25H,15-17H2,1-2H3,(H,26,27). The quantitative estimate of drug-likeness (QED) is 0.498. The van der Waals surface area contributed by atoms with E-state index in [9.17, 15) is 13.2 Å². The summed E-state index contributed by atoms with van der Waals surface area (Å²) in [4.78, 5) is 17.2. The summed E-state index contributed by atoms with van der Waals surface area (Å²) >= 11 is 0. The van der Waals surface area contributed by atoms with Crippen molar-refractivity contribution in [3.05, 3.63) is 106 Å². The second-order valence-corrected chi connectivity index (χ2v) is 9.21. The number of carbonyl (C=O) groups is 1. The maximum Gasteiger partial charge on any atom is 0.274 e. The normalized spacial score (nSPS) is 11.3. The Kier molecular flexibility index (Phi) is 7.57. The van der Waals surface area contributed by atoms with Gasteiger partial charge in [0.2, 0.25) is 10.0 Å². The summed E-state index contributed by atoms with van der Waals surface area (Å²) in [7, 11) is -3.44. The van der Waals surface area contributed by atoms with Gasteiger partial charge in [-0.1, -0.05) is 60.7 Å². The summed E-state index contributed by atoms with van der Waals surface area (Å²) in [5.41, 5.74) is 7.59. The number of nitrogens with one attached hydrogen (secondary N) is 2. The number of benzene rings is 3. The summed E-state index contributed by atoms with van der Waals surface area (Å²) in [6.45, 7) is 4.38. The molecule has 1 amide bonds. The van der Waals surface area contributed by atoms with Gasteiger partial charge in [0.05, 0.1) is 12.4 Å². The molecule has 2 N–H and O–H groups in total. The zero-order chi connectivity index (χ0) is 22.3. The van der Waals surface area contributed by atoms with E-state index in [1.165, 1.54) is 0 Å². The third-order valence-corrected chi connectivity index (χ3v) is 6.18. The van der Waals surface area contributed by atoms with E-state index in [1.807, 2.05) is 62.4 Å². The van der Waals surface area contributed by atoms with Gasteiger partial charge in [0.1, 0.15) is 0 Å². The summed E-state index contributed by atoms with van der Waals surface area (Å²) in [6.07, 6.45) is 0. The van der Waals surface area contributed by atoms with Crippen molar-refractivity contribution in [3.63, 3.8) is 0 Å². The number of sulfonamides is 1. The molecule has 0 radical (unpaired) electrons. The Bertz CT molecular complexity index is 1130. The molecule has 0 aliphatic heterocycles. The van der Waals surface area contributed by atoms with Gasteiger partial charge in [-0.3, -0.25) is 9.63 Å². The van der Waals surface area contributed by atoms with Crippen molar-refractivity contribution in [2.45, 2.75) is 32.8 Å². The predicted octanol–water partition coefficient (Wildman–Crippen LogP) is 3.78. The number of aryl methyl sites for hydroxylation is 2. The lowest BCUT2D eigenvalue weighted by Crippen LogP contribution is -2.25. The molecule has 0 spiro atoms. The molecule has 0 aliphatic carbocycles. The van der Waals surface area contributed by atoms with E-state index in [1.54, 1.807) is 24.3 Å². The largest absolute Gasteiger partial charge is 0.274 e. The lowest BCUT2D eigenvalue weighted by atomic mass is 10.1. The first-order valence-electron chi connectivity index (χ1n) is 9.91. The van der Waals surface area contributed by atoms with Crippen LogP contribution in [0, 0.1) is 13.8 Å². The van der Waals surface area contributed by atoms with E-state index in [0.717, 1.165) is 27.8 Å². The van der Waals surface area contributed by atoms with Gasteiger partial charge in [0, 0.05) is 12.1 Å². The smallest absolute Gasteiger partial charge is 0.269 e. The first-order chi connectivity index (χ1) is 14.8. The van der Waals surface area contributed by atoms with E-state index >= 15 is 0 Å². The van der Waals surface area contributed by atoms with Gasteiger partial charge < -0.3 is 0 Å². The zero-order valence-electron chi connectivity index (χ0n) is 17.6. The van der Waals surface area contributed by atoms with Crippen molar-refractivity contribution in [1.29, 1.82) is 0 Å². The molecular formula is C24H26N2O4S. The van der Waals surface area contributed by atoms with Crippen LogP contribution >= 0.6 is 0 Å². The molecule has 7 heteroatoms. The van der Waals surface area contributed by atoms with Gasteiger partial charge in [-0.05, 0) is 53.8 Å². The molecule has 0 bridgehead atoms. The number of rotatable bonds is 9. The Hall–Kier alpha value is -3.00. The minimum absolute atomic E-state index is 0.0544. The third-order valence-electron chi connectivity index (χ3n) is 4.89. The van der Waals surface area contributed by atoms with Gasteiger partial charge in [0.25, 0.3) is 5.91 Å². The molecule has 0 unspecified atom stereocenters. The van der Waals surface area contributed by atoms with Crippen LogP contribution in [-0.4, -0.2) is 14.3 Å². The van der Waals surface area contributed by atoms with E-state index in [-0.39, 0.29) is 24.8 Å². The molecular weight excluding hydrogens is 412 g/mol. The van der Waals surface area contributed by atoms with Crippen LogP contribution in [-0.2, 0) is 33.8 Å². The van der Waals surface area contributed by atoms with Crippen molar-refractivity contribution < 1.29 is 18.0 Å². The highest BCUT2D eigenvalue weighted by Crippen LogP contribution is 2.13. The van der Waals surface area contributed by atoms with E-state index in [4.69, 9.17) is 4.84 Å². The van der Waals surface area contributed by atoms with Gasteiger partial charge in [-0.25, -0.2) is 18.6 Å². The molecule has 3 rings (SSSR count). The minimum Gasteiger partial charge on any atom is -0.269 e. The average molecular weight is 439 g/mol. The highest BCUT2D eigenvalue weighted by Gasteiger charge is 2.12. The Morgan fingerprint density at radius 2 is 1.48 bits per heavy atom. The fraction of sp³-hybridized carbons (Fsp3) is 0.208. The second-order valence-electron chi connectivity index (χ2n) is 7.40. The fourth-order valence-electron chi connectivity index (χ4n) is 2.94. The van der Waals surface area contributed by atoms with E-state index in [0.29, 0.717) is 5.56 Å². The van der Waals surface area contributed by atoms with Crippen LogP contribution in [0.3, 0.4) is 0 Å². The molecule has 31 heavy (non-hydrogen) atoms. The molecule has 0 heterocycles. The summed E-state index contributed by atoms with van der Waals surface area (Å²) in [5, 5.41) is 0. The van der Waals surface area contributed by atoms with Crippen molar-refractivity contribution in [2.75, 3.05) is 0 Å². The molecule has 0 aromatic heterocycles. The van der Waals surface area contributed by atoms with Crippen molar-refractivity contribution in [1.82, 2.24) is 10.2 Å². The molecule has 6 nitrogen and oxygen atoms in total. The van der Waals surface area contributed by atoms with Crippen molar-refractivity contribution in [2.24, 2.45) is 0 Å². The Morgan fingerprint density at radius 3 is 2.16 bits per heavy atom. The first-order valence-corrected chi connectivity index (χ1v) is 11.6. The Labute approximate surface area is 183 Å². The van der Waals surface area contributed by atoms with Crippen LogP contribution in [0.2, 0.25) is 0 Å². The fourth-order valence-corrected chi connectivity index (χ4v) is 4.05. The average Bonchev–Trinajstić information content (AvgIpc) is 2.76. The van der Waals surface area contributed by atoms with E-state index < -0.39 is 10.0 Å². The maximum atomic E-state index is 12.4. The number of hydrogen-bond acceptors (Lipinski definition) is 4. The molecule has 162 valence electrons. The van der Waals surface area contributed by atoms with Gasteiger partial charge in [-0.15, -0.1) is 0 Å². The zero-order valence-corrected chi connectivity index (χ0v) is 18.4. The molecule has 0 fully saturated rings. The van der Waals surface area contributed by atoms with Crippen LogP contribution in [0.25, 0.3) is 0 Å². The van der Waals surface area contributed by atoms with Gasteiger partial charge in [0.15, 0.2) is 0 Å². The molecule has 0 saturated carbocycles. The van der Waals surface area contributed by atoms with Crippen LogP contribution in [0.4, 0.5) is 0 Å². The Morgan fingerprint density at radius 1 is 0.839 bits per heavy atom. The van der Waals surface area contributed by atoms with Crippen molar-refractivity contribution >= 4 is 15.9 Å². The maximum absolute atomic E-state index is 12.4. The third kappa shape index (κ3) is 7.03. The first kappa shape index (κ1) is 22.7. The number of hydrogen-bond donors (Lipinski definition) is 2. The number of hydroxylamine groups is 1. The molecule has 0 aliphatic rings. The second kappa shape index (κ2) is 10.3. The van der Waals surface area contributed by atoms with E-state index in [2.05, 4.69) is 10.2 Å². The minimum atomic E-state index is -3.44. The number of carbonyl (C=O) groups excluding carboxylic acids is 1. The molecule has 0 saturated heterocycles. The molecule has 0 atom stereocenters. The lowest BCUT2D eigenvalue weighted by Gasteiger charge is -2.10. The summed E-state index contributed by atoms with van der Waals surface area (Å²) in [6, 6.07) is 21.8. The predicted molar refractivity (Wildman–Crippen MR) is 121 cm³/mol. The summed E-state index contributed by atoms with van der Waals surface area (Å²) < 4.78 is 27.4. The van der Waals surface area contributed by atoms with Crippen LogP contribution in [0.5, 0.6) is 0 Å². The topological polar surface area (TPSA) is 84.5 Å². The Balaban J connectivity index is 1.46. The van der Waals surface area contributed by atoms with Crippen LogP contribution in [0.15, 0.2) is 72.8 Å². The van der Waals surface area contributed by atoms with Crippen LogP contribution in [0.1, 0.15) is 38.2 Å². The lowest BCUT2D eigenvalue weighted by molar-refractivity contribution is 0.0233. The molecule has 3 aromatic rings. The summed E-state index contributed by atoms with van der Waals surface area (Å²) in [5.74, 6) is -0.364. The number of amides is 1. The van der Waals surface area contributed by atoms with Gasteiger partial charge >= 0.3 is 0 Å². The van der Waals surface area contributed by atoms with Crippen molar-refractivity contribution in [3.8, 4) is 0 Å². The van der Waals surface area contributed by atoms with Crippen LogP contribution < -0.4 is 10.2 Å². The monoisotopic (exact) mass is 438 g/mol. The molecule has 3 aromatic carbocycles. The highest BCUT2D eigenvalue weighted by atomic mass is 32.2.